The number of likely N-dealkylation sites (N-methyl/N-ethyl adjacent to an activating group) is 1. The quantitative estimate of drug-likeness (QED) is 0.476. The normalized spacial score (nSPS) is 11.5. The lowest BCUT2D eigenvalue weighted by atomic mass is 10.0. The lowest BCUT2D eigenvalue weighted by Gasteiger charge is -2.31. The van der Waals surface area contributed by atoms with E-state index in [0.717, 1.165) is 15.6 Å². The molecule has 0 saturated heterocycles. The maximum Gasteiger partial charge on any atom is 0.261 e. The van der Waals surface area contributed by atoms with Crippen LogP contribution < -0.4 is 10.1 Å². The molecule has 3 aromatic carbocycles. The van der Waals surface area contributed by atoms with Crippen LogP contribution in [-0.4, -0.2) is 36.4 Å². The van der Waals surface area contributed by atoms with Crippen molar-refractivity contribution in [1.29, 1.82) is 0 Å². The predicted molar refractivity (Wildman–Crippen MR) is 125 cm³/mol. The molecule has 32 heavy (non-hydrogen) atoms. The van der Waals surface area contributed by atoms with E-state index in [1.165, 1.54) is 29.2 Å². The molecule has 0 fully saturated rings. The fraction of sp³-hybridized carbons (Fsp3) is 0.200. The van der Waals surface area contributed by atoms with Crippen LogP contribution >= 0.6 is 15.9 Å². The Balaban J connectivity index is 1.85. The molecule has 7 heteroatoms. The molecule has 0 aliphatic carbocycles. The van der Waals surface area contributed by atoms with Gasteiger partial charge in [-0.3, -0.25) is 9.59 Å². The predicted octanol–water partition coefficient (Wildman–Crippen LogP) is 4.35. The minimum Gasteiger partial charge on any atom is -0.484 e. The first-order valence-electron chi connectivity index (χ1n) is 10.1. The van der Waals surface area contributed by atoms with Crippen LogP contribution in [0, 0.1) is 5.82 Å². The van der Waals surface area contributed by atoms with Crippen LogP contribution in [0.5, 0.6) is 5.75 Å². The maximum atomic E-state index is 13.2. The summed E-state index contributed by atoms with van der Waals surface area (Å²) in [6, 6.07) is 21.8. The minimum atomic E-state index is -0.727. The zero-order chi connectivity index (χ0) is 22.9. The van der Waals surface area contributed by atoms with Crippen molar-refractivity contribution in [3.8, 4) is 5.75 Å². The van der Waals surface area contributed by atoms with E-state index in [1.807, 2.05) is 54.6 Å². The molecule has 1 N–H and O–H groups in total. The summed E-state index contributed by atoms with van der Waals surface area (Å²) < 4.78 is 19.6. The van der Waals surface area contributed by atoms with Crippen molar-refractivity contribution in [1.82, 2.24) is 10.2 Å². The van der Waals surface area contributed by atoms with E-state index in [-0.39, 0.29) is 30.8 Å². The number of ether oxygens (including phenoxy) is 1. The van der Waals surface area contributed by atoms with Gasteiger partial charge in [0.2, 0.25) is 5.91 Å². The Hall–Kier alpha value is -3.19. The van der Waals surface area contributed by atoms with Crippen LogP contribution in [-0.2, 0) is 22.6 Å². The molecular weight excluding hydrogens is 475 g/mol. The van der Waals surface area contributed by atoms with Crippen molar-refractivity contribution in [3.05, 3.63) is 100 Å². The second-order valence-corrected chi connectivity index (χ2v) is 8.13. The summed E-state index contributed by atoms with van der Waals surface area (Å²) >= 11 is 3.41. The van der Waals surface area contributed by atoms with Gasteiger partial charge >= 0.3 is 0 Å². The first-order valence-corrected chi connectivity index (χ1v) is 10.9. The maximum absolute atomic E-state index is 13.2. The fourth-order valence-corrected chi connectivity index (χ4v) is 3.53. The van der Waals surface area contributed by atoms with E-state index in [9.17, 15) is 14.0 Å². The number of carbonyl (C=O) groups is 2. The number of hydrogen-bond acceptors (Lipinski definition) is 3. The summed E-state index contributed by atoms with van der Waals surface area (Å²) in [6.07, 6.45) is 0.360. The topological polar surface area (TPSA) is 58.6 Å². The van der Waals surface area contributed by atoms with Crippen molar-refractivity contribution >= 4 is 27.7 Å². The lowest BCUT2D eigenvalue weighted by Crippen LogP contribution is -2.51. The molecule has 0 unspecified atom stereocenters. The van der Waals surface area contributed by atoms with Gasteiger partial charge in [0.1, 0.15) is 17.6 Å². The zero-order valence-corrected chi connectivity index (χ0v) is 19.2. The van der Waals surface area contributed by atoms with Gasteiger partial charge in [0.15, 0.2) is 6.61 Å². The molecule has 0 radical (unpaired) electrons. The van der Waals surface area contributed by atoms with Gasteiger partial charge in [0, 0.05) is 24.5 Å². The van der Waals surface area contributed by atoms with Gasteiger partial charge in [0.25, 0.3) is 5.91 Å². The zero-order valence-electron chi connectivity index (χ0n) is 17.6. The van der Waals surface area contributed by atoms with Gasteiger partial charge in [-0.05, 0) is 47.5 Å². The van der Waals surface area contributed by atoms with Crippen molar-refractivity contribution in [3.63, 3.8) is 0 Å². The van der Waals surface area contributed by atoms with Gasteiger partial charge < -0.3 is 15.0 Å². The number of benzene rings is 3. The summed E-state index contributed by atoms with van der Waals surface area (Å²) in [7, 11) is 1.55. The third-order valence-corrected chi connectivity index (χ3v) is 5.49. The van der Waals surface area contributed by atoms with Crippen LogP contribution in [0.15, 0.2) is 83.3 Å². The van der Waals surface area contributed by atoms with E-state index in [0.29, 0.717) is 12.2 Å². The summed E-state index contributed by atoms with van der Waals surface area (Å²) in [5.41, 5.74) is 1.82. The molecule has 0 heterocycles. The Labute approximate surface area is 195 Å². The lowest BCUT2D eigenvalue weighted by molar-refractivity contribution is -0.142. The van der Waals surface area contributed by atoms with E-state index in [1.54, 1.807) is 7.05 Å². The first-order chi connectivity index (χ1) is 15.5. The standard InChI is InChI=1S/C25H24BrFN2O3/c1-28-25(31)23(15-18-5-3-2-4-6-18)29(16-19-7-9-20(26)10-8-19)24(30)17-32-22-13-11-21(27)12-14-22/h2-14,23H,15-17H2,1H3,(H,28,31)/t23-/m0/s1. The van der Waals surface area contributed by atoms with E-state index in [2.05, 4.69) is 21.2 Å². The second-order valence-electron chi connectivity index (χ2n) is 7.21. The number of hydrogen-bond donors (Lipinski definition) is 1. The van der Waals surface area contributed by atoms with Gasteiger partial charge in [-0.15, -0.1) is 0 Å². The van der Waals surface area contributed by atoms with Crippen LogP contribution in [0.2, 0.25) is 0 Å². The van der Waals surface area contributed by atoms with Crippen LogP contribution in [0.3, 0.4) is 0 Å². The summed E-state index contributed by atoms with van der Waals surface area (Å²) in [5.74, 6) is -0.617. The molecule has 0 saturated carbocycles. The van der Waals surface area contributed by atoms with E-state index in [4.69, 9.17) is 4.74 Å². The van der Waals surface area contributed by atoms with Crippen LogP contribution in [0.4, 0.5) is 4.39 Å². The highest BCUT2D eigenvalue weighted by Gasteiger charge is 2.30. The summed E-state index contributed by atoms with van der Waals surface area (Å²) in [5, 5.41) is 2.67. The highest BCUT2D eigenvalue weighted by molar-refractivity contribution is 9.10. The number of nitrogens with one attached hydrogen (secondary N) is 1. The molecule has 0 aromatic heterocycles. The Bertz CT molecular complexity index is 1030. The minimum absolute atomic E-state index is 0.240. The average Bonchev–Trinajstić information content (AvgIpc) is 2.82. The van der Waals surface area contributed by atoms with Crippen molar-refractivity contribution in [2.45, 2.75) is 19.0 Å². The first kappa shape index (κ1) is 23.5. The molecule has 0 spiro atoms. The van der Waals surface area contributed by atoms with Gasteiger partial charge in [-0.2, -0.15) is 0 Å². The molecule has 5 nitrogen and oxygen atoms in total. The fourth-order valence-electron chi connectivity index (χ4n) is 3.27. The van der Waals surface area contributed by atoms with Gasteiger partial charge in [0.05, 0.1) is 0 Å². The Kier molecular flexibility index (Phi) is 8.39. The van der Waals surface area contributed by atoms with Crippen LogP contribution in [0.1, 0.15) is 11.1 Å². The SMILES string of the molecule is CNC(=O)[C@H](Cc1ccccc1)N(Cc1ccc(Br)cc1)C(=O)COc1ccc(F)cc1. The smallest absolute Gasteiger partial charge is 0.261 e. The molecule has 0 aliphatic rings. The van der Waals surface area contributed by atoms with Crippen LogP contribution in [0.25, 0.3) is 0 Å². The molecule has 166 valence electrons. The number of rotatable bonds is 9. The van der Waals surface area contributed by atoms with Crippen molar-refractivity contribution < 1.29 is 18.7 Å². The van der Waals surface area contributed by atoms with Gasteiger partial charge in [-0.25, -0.2) is 4.39 Å². The van der Waals surface area contributed by atoms with Gasteiger partial charge in [-0.1, -0.05) is 58.4 Å². The molecule has 3 rings (SSSR count). The number of nitrogens with zero attached hydrogens (tertiary/aromatic N) is 1. The third-order valence-electron chi connectivity index (χ3n) is 4.96. The Morgan fingerprint density at radius 1 is 0.969 bits per heavy atom. The Morgan fingerprint density at radius 2 is 1.62 bits per heavy atom. The number of carbonyl (C=O) groups excluding carboxylic acids is 2. The largest absolute Gasteiger partial charge is 0.484 e. The summed E-state index contributed by atoms with van der Waals surface area (Å²) in [6.45, 7) is -0.0335. The van der Waals surface area contributed by atoms with E-state index >= 15 is 0 Å². The second kappa shape index (κ2) is 11.4. The number of amides is 2. The Morgan fingerprint density at radius 3 is 2.25 bits per heavy atom. The molecule has 2 amide bonds. The number of halogens is 2. The highest BCUT2D eigenvalue weighted by Crippen LogP contribution is 2.18. The molecular formula is C25H24BrFN2O3. The highest BCUT2D eigenvalue weighted by atomic mass is 79.9. The third kappa shape index (κ3) is 6.65. The van der Waals surface area contributed by atoms with E-state index < -0.39 is 6.04 Å². The summed E-state index contributed by atoms with van der Waals surface area (Å²) in [4.78, 5) is 27.6. The molecule has 3 aromatic rings. The molecule has 1 atom stereocenters. The molecule has 0 bridgehead atoms. The van der Waals surface area contributed by atoms with Crippen molar-refractivity contribution in [2.24, 2.45) is 0 Å². The average molecular weight is 499 g/mol. The molecule has 0 aliphatic heterocycles. The monoisotopic (exact) mass is 498 g/mol. The van der Waals surface area contributed by atoms with Crippen molar-refractivity contribution in [2.75, 3.05) is 13.7 Å².